The average molecular weight is 242 g/mol. The van der Waals surface area contributed by atoms with Crippen LogP contribution in [-0.2, 0) is 16.3 Å². The Morgan fingerprint density at radius 3 is 2.75 bits per heavy atom. The lowest BCUT2D eigenvalue weighted by molar-refractivity contribution is 0.583. The molecule has 0 saturated carbocycles. The van der Waals surface area contributed by atoms with Crippen LogP contribution < -0.4 is 5.73 Å². The summed E-state index contributed by atoms with van der Waals surface area (Å²) < 4.78 is 23.3. The fourth-order valence-corrected chi connectivity index (χ4v) is 2.91. The second-order valence-corrected chi connectivity index (χ2v) is 6.08. The summed E-state index contributed by atoms with van der Waals surface area (Å²) in [7, 11) is -3.06. The van der Waals surface area contributed by atoms with Gasteiger partial charge < -0.3 is 5.73 Å². The van der Waals surface area contributed by atoms with Gasteiger partial charge in [-0.3, -0.25) is 4.98 Å². The summed E-state index contributed by atoms with van der Waals surface area (Å²) in [5.41, 5.74) is 6.44. The van der Waals surface area contributed by atoms with Crippen molar-refractivity contribution in [1.29, 1.82) is 0 Å². The van der Waals surface area contributed by atoms with Crippen LogP contribution >= 0.6 is 0 Å². The van der Waals surface area contributed by atoms with E-state index in [-0.39, 0.29) is 17.5 Å². The second kappa shape index (κ2) is 5.96. The number of hydrogen-bond donors (Lipinski definition) is 1. The molecule has 0 fully saturated rings. The van der Waals surface area contributed by atoms with Gasteiger partial charge in [0.05, 0.1) is 11.5 Å². The molecule has 0 spiro atoms. The van der Waals surface area contributed by atoms with E-state index in [0.29, 0.717) is 12.8 Å². The maximum atomic E-state index is 11.7. The van der Waals surface area contributed by atoms with Crippen molar-refractivity contribution in [2.75, 3.05) is 11.5 Å². The van der Waals surface area contributed by atoms with Gasteiger partial charge in [0.2, 0.25) is 0 Å². The fourth-order valence-electron chi connectivity index (χ4n) is 1.33. The molecule has 0 aromatic carbocycles. The van der Waals surface area contributed by atoms with Gasteiger partial charge in [0, 0.05) is 24.4 Å². The van der Waals surface area contributed by atoms with E-state index < -0.39 is 9.84 Å². The molecule has 0 aliphatic heterocycles. The van der Waals surface area contributed by atoms with Crippen LogP contribution in [0.4, 0.5) is 0 Å². The van der Waals surface area contributed by atoms with Gasteiger partial charge in [0.15, 0.2) is 9.84 Å². The minimum Gasteiger partial charge on any atom is -0.327 e. The number of aryl methyl sites for hydroxylation is 1. The van der Waals surface area contributed by atoms with Gasteiger partial charge in [-0.15, -0.1) is 0 Å². The highest BCUT2D eigenvalue weighted by atomic mass is 32.2. The molecule has 90 valence electrons. The molecule has 0 aliphatic carbocycles. The molecule has 16 heavy (non-hydrogen) atoms. The molecule has 2 N–H and O–H groups in total. The van der Waals surface area contributed by atoms with E-state index in [1.807, 2.05) is 25.1 Å². The summed E-state index contributed by atoms with van der Waals surface area (Å²) in [6.45, 7) is 1.89. The Balaban J connectivity index is 2.49. The van der Waals surface area contributed by atoms with Crippen molar-refractivity contribution in [2.45, 2.75) is 25.8 Å². The monoisotopic (exact) mass is 242 g/mol. The lowest BCUT2D eigenvalue weighted by atomic mass is 10.3. The normalized spacial score (nSPS) is 13.6. The molecule has 1 unspecified atom stereocenters. The van der Waals surface area contributed by atoms with Crippen LogP contribution in [0, 0.1) is 0 Å². The standard InChI is InChI=1S/C11H18N2O2S/c1-2-10(12)9-16(14,15)8-6-11-5-3-4-7-13-11/h3-5,7,10H,2,6,8-9,12H2,1H3. The molecule has 0 aliphatic rings. The molecule has 1 rings (SSSR count). The minimum atomic E-state index is -3.06. The Morgan fingerprint density at radius 1 is 1.44 bits per heavy atom. The first kappa shape index (κ1) is 13.1. The number of nitrogens with zero attached hydrogens (tertiary/aromatic N) is 1. The Kier molecular flexibility index (Phi) is 4.89. The van der Waals surface area contributed by atoms with Crippen molar-refractivity contribution >= 4 is 9.84 Å². The van der Waals surface area contributed by atoms with E-state index in [4.69, 9.17) is 5.73 Å². The Bertz CT molecular complexity index is 403. The molecular formula is C11H18N2O2S. The van der Waals surface area contributed by atoms with Gasteiger partial charge in [-0.05, 0) is 18.6 Å². The third-order valence-corrected chi connectivity index (χ3v) is 4.15. The number of nitrogens with two attached hydrogens (primary N) is 1. The largest absolute Gasteiger partial charge is 0.327 e. The van der Waals surface area contributed by atoms with Gasteiger partial charge in [-0.2, -0.15) is 0 Å². The van der Waals surface area contributed by atoms with E-state index in [2.05, 4.69) is 4.98 Å². The minimum absolute atomic E-state index is 0.0658. The third kappa shape index (κ3) is 4.72. The smallest absolute Gasteiger partial charge is 0.152 e. The number of pyridine rings is 1. The van der Waals surface area contributed by atoms with Crippen LogP contribution in [0.3, 0.4) is 0 Å². The summed E-state index contributed by atoms with van der Waals surface area (Å²) in [5, 5.41) is 0. The van der Waals surface area contributed by atoms with Crippen LogP contribution in [0.5, 0.6) is 0 Å². The predicted molar refractivity (Wildman–Crippen MR) is 64.9 cm³/mol. The van der Waals surface area contributed by atoms with Crippen molar-refractivity contribution in [3.05, 3.63) is 30.1 Å². The average Bonchev–Trinajstić information content (AvgIpc) is 2.27. The quantitative estimate of drug-likeness (QED) is 0.800. The third-order valence-electron chi connectivity index (χ3n) is 2.39. The molecule has 1 aromatic heterocycles. The highest BCUT2D eigenvalue weighted by Crippen LogP contribution is 2.01. The molecule has 1 atom stereocenters. The van der Waals surface area contributed by atoms with Gasteiger partial charge in [0.25, 0.3) is 0 Å². The number of sulfone groups is 1. The molecule has 1 heterocycles. The SMILES string of the molecule is CCC(N)CS(=O)(=O)CCc1ccccn1. The highest BCUT2D eigenvalue weighted by Gasteiger charge is 2.15. The Morgan fingerprint density at radius 2 is 2.19 bits per heavy atom. The van der Waals surface area contributed by atoms with Crippen molar-refractivity contribution < 1.29 is 8.42 Å². The first-order valence-corrected chi connectivity index (χ1v) is 7.21. The highest BCUT2D eigenvalue weighted by molar-refractivity contribution is 7.91. The maximum absolute atomic E-state index is 11.7. The van der Waals surface area contributed by atoms with E-state index in [0.717, 1.165) is 5.69 Å². The lowest BCUT2D eigenvalue weighted by Crippen LogP contribution is -2.30. The van der Waals surface area contributed by atoms with Gasteiger partial charge in [0.1, 0.15) is 0 Å². The molecule has 1 aromatic rings. The van der Waals surface area contributed by atoms with Gasteiger partial charge >= 0.3 is 0 Å². The molecule has 0 amide bonds. The van der Waals surface area contributed by atoms with Crippen molar-refractivity contribution in [2.24, 2.45) is 5.73 Å². The first-order valence-electron chi connectivity index (χ1n) is 5.39. The Hall–Kier alpha value is -0.940. The van der Waals surface area contributed by atoms with Gasteiger partial charge in [-0.1, -0.05) is 13.0 Å². The number of rotatable bonds is 6. The second-order valence-electron chi connectivity index (χ2n) is 3.85. The van der Waals surface area contributed by atoms with Crippen molar-refractivity contribution in [3.63, 3.8) is 0 Å². The van der Waals surface area contributed by atoms with Crippen LogP contribution in [-0.4, -0.2) is 30.9 Å². The van der Waals surface area contributed by atoms with E-state index in [1.165, 1.54) is 0 Å². The fraction of sp³-hybridized carbons (Fsp3) is 0.545. The van der Waals surface area contributed by atoms with Gasteiger partial charge in [-0.25, -0.2) is 8.42 Å². The lowest BCUT2D eigenvalue weighted by Gasteiger charge is -2.09. The van der Waals surface area contributed by atoms with Crippen molar-refractivity contribution in [3.8, 4) is 0 Å². The molecular weight excluding hydrogens is 224 g/mol. The zero-order chi connectivity index (χ0) is 12.0. The summed E-state index contributed by atoms with van der Waals surface area (Å²) in [4.78, 5) is 4.09. The zero-order valence-electron chi connectivity index (χ0n) is 9.46. The maximum Gasteiger partial charge on any atom is 0.152 e. The van der Waals surface area contributed by atoms with E-state index in [1.54, 1.807) is 6.20 Å². The van der Waals surface area contributed by atoms with E-state index in [9.17, 15) is 8.42 Å². The first-order chi connectivity index (χ1) is 7.53. The predicted octanol–water partition coefficient (Wildman–Crippen LogP) is 0.776. The summed E-state index contributed by atoms with van der Waals surface area (Å²) >= 11 is 0. The molecule has 0 bridgehead atoms. The van der Waals surface area contributed by atoms with Crippen molar-refractivity contribution in [1.82, 2.24) is 4.98 Å². The molecule has 0 radical (unpaired) electrons. The zero-order valence-corrected chi connectivity index (χ0v) is 10.3. The Labute approximate surface area is 96.8 Å². The number of aromatic nitrogens is 1. The molecule has 5 heteroatoms. The van der Waals surface area contributed by atoms with Crippen LogP contribution in [0.2, 0.25) is 0 Å². The molecule has 4 nitrogen and oxygen atoms in total. The summed E-state index contributed by atoms with van der Waals surface area (Å²) in [6, 6.07) is 5.24. The van der Waals surface area contributed by atoms with Crippen LogP contribution in [0.25, 0.3) is 0 Å². The van der Waals surface area contributed by atoms with Crippen LogP contribution in [0.1, 0.15) is 19.0 Å². The topological polar surface area (TPSA) is 73.1 Å². The number of hydrogen-bond acceptors (Lipinski definition) is 4. The summed E-state index contributed by atoms with van der Waals surface area (Å²) in [6.07, 6.45) is 2.81. The van der Waals surface area contributed by atoms with E-state index >= 15 is 0 Å². The molecule has 0 saturated heterocycles. The summed E-state index contributed by atoms with van der Waals surface area (Å²) in [5.74, 6) is 0.189. The van der Waals surface area contributed by atoms with Crippen LogP contribution in [0.15, 0.2) is 24.4 Å².